The standard InChI is InChI=1S/C68H89Cl2N9O22S/c1-26(2)14-39(73-5)62(92)77-52-54(86)29-8-11-42(36(69)16-29)97-44-18-32-19-45(58(44)101-67-59(57(89)56(88)46(25-82)99-67)100-48-22-68(4,72)60(90)27(3)96-48)98-43-12-9-30(17-37(43)70)55(87)53-65(95)75-40(24-81)35-20-33(83)21-41(84)49(35)34-15-28(6-7-31(34)23-80)50(63(93)78-53)79-66(102)51(32)76-61(91)38(74-64(52)94)10-13-47(71)85/h6-7,9,12,16,18-20,26-27,33-34,37-40,46,48,50-57,59-60,67,73,80-84,86-90H,8,10-11,13-15,17,21-25,72H2,1-5H3,(H2,71,85)(H,74,94)(H,75,95)(H,76,91)(H,77,92)(H,78,93)(H,79,102)/t27?,33?,34?,37?,38-,39+,40+,46?,48-,50+,51+,52+,53-,54+,55+,56?,57-,59?,60+,67+,68?/m0/s1. The average molecular weight is 1490 g/mol. The van der Waals surface area contributed by atoms with Gasteiger partial charge in [0.25, 0.3) is 0 Å². The molecule has 1 aromatic carbocycles. The fourth-order valence-electron chi connectivity index (χ4n) is 14.0. The van der Waals surface area contributed by atoms with Gasteiger partial charge in [0, 0.05) is 42.7 Å². The molecule has 8 unspecified atom stereocenters. The number of halogens is 2. The summed E-state index contributed by atoms with van der Waals surface area (Å²) < 4.78 is 39.2. The predicted molar refractivity (Wildman–Crippen MR) is 367 cm³/mol. The summed E-state index contributed by atoms with van der Waals surface area (Å²) in [5.74, 6) is -8.92. The zero-order valence-corrected chi connectivity index (χ0v) is 58.7. The van der Waals surface area contributed by atoms with E-state index in [4.69, 9.17) is 75.3 Å². The van der Waals surface area contributed by atoms with Gasteiger partial charge in [-0.15, -0.1) is 11.6 Å². The summed E-state index contributed by atoms with van der Waals surface area (Å²) in [5.41, 5.74) is 11.5. The molecule has 7 aliphatic heterocycles. The van der Waals surface area contributed by atoms with E-state index < -0.39 is 211 Å². The lowest BCUT2D eigenvalue weighted by atomic mass is 9.73. The van der Waals surface area contributed by atoms with Crippen LogP contribution >= 0.6 is 35.4 Å². The summed E-state index contributed by atoms with van der Waals surface area (Å²) in [6.45, 7) is 4.46. The smallest absolute Gasteiger partial charge is 0.247 e. The number of hydrogen-bond acceptors (Lipinski definition) is 25. The van der Waals surface area contributed by atoms with Crippen LogP contribution in [0.3, 0.4) is 0 Å². The van der Waals surface area contributed by atoms with Crippen molar-refractivity contribution in [1.82, 2.24) is 37.2 Å². The number of likely N-dealkylation sites (N-methyl/N-ethyl adjacent to an activating group) is 1. The number of rotatable bonds is 15. The second kappa shape index (κ2) is 32.6. The number of fused-ring (bicyclic) bond motifs is 15. The van der Waals surface area contributed by atoms with Crippen LogP contribution in [0.25, 0.3) is 0 Å². The van der Waals surface area contributed by atoms with Gasteiger partial charge in [0.2, 0.25) is 47.5 Å². The number of allylic oxidation sites excluding steroid dienone is 8. The number of primary amides is 1. The Morgan fingerprint density at radius 2 is 1.53 bits per heavy atom. The van der Waals surface area contributed by atoms with Gasteiger partial charge in [0.15, 0.2) is 23.9 Å². The molecule has 0 spiro atoms. The largest absolute Gasteiger partial charge is 0.512 e. The van der Waals surface area contributed by atoms with E-state index >= 15 is 19.2 Å². The Balaban J connectivity index is 1.22. The summed E-state index contributed by atoms with van der Waals surface area (Å²) >= 11 is 20.9. The van der Waals surface area contributed by atoms with E-state index in [1.807, 2.05) is 13.8 Å². The normalized spacial score (nSPS) is 35.0. The molecular formula is C68H89Cl2N9O22S. The van der Waals surface area contributed by atoms with Crippen molar-refractivity contribution in [2.45, 2.75) is 206 Å². The number of aliphatic hydroxyl groups is 10. The van der Waals surface area contributed by atoms with Gasteiger partial charge in [0.05, 0.1) is 66.4 Å². The maximum absolute atomic E-state index is 15.7. The van der Waals surface area contributed by atoms with Crippen LogP contribution in [0, 0.1) is 11.8 Å². The van der Waals surface area contributed by atoms with Crippen molar-refractivity contribution >= 4 is 75.9 Å². The van der Waals surface area contributed by atoms with Gasteiger partial charge in [-0.3, -0.25) is 28.8 Å². The Labute approximate surface area is 602 Å². The topological polar surface area (TPSA) is 496 Å². The molecule has 3 fully saturated rings. The van der Waals surface area contributed by atoms with E-state index in [2.05, 4.69) is 37.2 Å². The van der Waals surface area contributed by atoms with Crippen molar-refractivity contribution in [3.8, 4) is 17.2 Å². The Morgan fingerprint density at radius 3 is 2.18 bits per heavy atom. The number of amides is 6. The van der Waals surface area contributed by atoms with E-state index in [0.29, 0.717) is 0 Å². The molecule has 21 N–H and O–H groups in total. The van der Waals surface area contributed by atoms with Crippen molar-refractivity contribution in [1.29, 1.82) is 0 Å². The van der Waals surface area contributed by atoms with Crippen molar-refractivity contribution in [3.05, 3.63) is 110 Å². The van der Waals surface area contributed by atoms with Gasteiger partial charge < -0.3 is 128 Å². The molecule has 6 amide bonds. The van der Waals surface area contributed by atoms with E-state index in [1.165, 1.54) is 62.6 Å². The van der Waals surface area contributed by atoms with Gasteiger partial charge in [-0.05, 0) is 123 Å². The summed E-state index contributed by atoms with van der Waals surface area (Å²) in [7, 11) is 1.53. The fraction of sp³-hybridized carbons (Fsp3) is 0.574. The monoisotopic (exact) mass is 1490 g/mol. The highest BCUT2D eigenvalue weighted by molar-refractivity contribution is 7.80. The van der Waals surface area contributed by atoms with Crippen LogP contribution in [0.4, 0.5) is 0 Å². The van der Waals surface area contributed by atoms with Crippen LogP contribution in [-0.2, 0) is 43.0 Å². The zero-order chi connectivity index (χ0) is 74.1. The number of benzene rings is 1. The minimum absolute atomic E-state index is 0.0423. The number of ether oxygens (including phenoxy) is 6. The van der Waals surface area contributed by atoms with Crippen LogP contribution in [0.5, 0.6) is 17.2 Å². The summed E-state index contributed by atoms with van der Waals surface area (Å²) in [4.78, 5) is 87.8. The molecule has 21 atom stereocenters. The van der Waals surface area contributed by atoms with Crippen LogP contribution in [-0.4, -0.2) is 233 Å². The number of carbonyl (C=O) groups excluding carboxylic acids is 6. The van der Waals surface area contributed by atoms with Crippen LogP contribution in [0.15, 0.2) is 104 Å². The van der Waals surface area contributed by atoms with Crippen molar-refractivity contribution in [2.24, 2.45) is 23.3 Å². The molecule has 102 heavy (non-hydrogen) atoms. The molecule has 11 aliphatic rings. The van der Waals surface area contributed by atoms with Crippen molar-refractivity contribution in [2.75, 3.05) is 26.9 Å². The van der Waals surface area contributed by atoms with E-state index in [1.54, 1.807) is 6.92 Å². The lowest BCUT2D eigenvalue weighted by Crippen LogP contribution is -2.64. The third-order valence-electron chi connectivity index (χ3n) is 19.6. The molecule has 12 rings (SSSR count). The highest BCUT2D eigenvalue weighted by Gasteiger charge is 2.52. The van der Waals surface area contributed by atoms with Crippen LogP contribution in [0.1, 0.15) is 97.1 Å². The maximum atomic E-state index is 15.7. The highest BCUT2D eigenvalue weighted by atomic mass is 35.5. The number of carbonyl (C=O) groups is 6. The van der Waals surface area contributed by atoms with Gasteiger partial charge in [-0.2, -0.15) is 0 Å². The Bertz CT molecular complexity index is 3710. The first-order valence-electron chi connectivity index (χ1n) is 33.6. The van der Waals surface area contributed by atoms with Crippen molar-refractivity contribution < 1.29 is 108 Å². The predicted octanol–water partition coefficient (Wildman–Crippen LogP) is -1.74. The lowest BCUT2D eigenvalue weighted by molar-refractivity contribution is -0.333. The maximum Gasteiger partial charge on any atom is 0.247 e. The first-order chi connectivity index (χ1) is 48.3. The van der Waals surface area contributed by atoms with E-state index in [9.17, 15) is 60.7 Å². The summed E-state index contributed by atoms with van der Waals surface area (Å²) in [5, 5.41) is 133. The molecular weight excluding hydrogens is 1400 g/mol. The van der Waals surface area contributed by atoms with Crippen LogP contribution in [0.2, 0.25) is 0 Å². The third-order valence-corrected chi connectivity index (χ3v) is 20.7. The number of nitrogens with one attached hydrogen (secondary N) is 7. The van der Waals surface area contributed by atoms with E-state index in [0.717, 1.165) is 0 Å². The Morgan fingerprint density at radius 1 is 0.824 bits per heavy atom. The van der Waals surface area contributed by atoms with E-state index in [-0.39, 0.29) is 118 Å². The molecule has 11 bridgehead atoms. The van der Waals surface area contributed by atoms with Crippen molar-refractivity contribution in [3.63, 3.8) is 0 Å². The molecule has 558 valence electrons. The first kappa shape index (κ1) is 77.7. The van der Waals surface area contributed by atoms with Gasteiger partial charge in [-0.25, -0.2) is 0 Å². The molecule has 0 aromatic heterocycles. The molecule has 1 aromatic rings. The summed E-state index contributed by atoms with van der Waals surface area (Å²) in [6.07, 6.45) is -11.7. The molecule has 0 saturated carbocycles. The molecule has 0 radical (unpaired) electrons. The Hall–Kier alpha value is -6.93. The minimum Gasteiger partial charge on any atom is -0.512 e. The lowest BCUT2D eigenvalue weighted by Gasteiger charge is -2.47. The molecule has 3 saturated heterocycles. The van der Waals surface area contributed by atoms with Crippen LogP contribution < -0.4 is 62.9 Å². The quantitative estimate of drug-likeness (QED) is 0.0684. The number of thiocarbonyl (C=S) groups is 1. The number of nitrogens with two attached hydrogens (primary N) is 2. The third kappa shape index (κ3) is 16.9. The SMILES string of the molecule is CN[C@H](CC(C)C)C(=O)N[C@H]1C(=O)N[C@@H](CCC(N)=O)C(=O)N[C@H]2C(=S)N[C@H]3C(=O)N[C@H](C(=O)N[C@H](CO)C4=CC(O)CC(O)=C4C4CC3=CC=C4CO)[C@H](O)C3=CC=C(Oc4cc2cc(c4O[C@H]2OC(CO)C(O)[C@H](O)C2O[C@H]2CC(C)(N)[C@H](O)C(C)O2)OC2=C(Cl)C=C(CC2)[C@H]1O)C(Cl)C3. The second-order valence-electron chi connectivity index (χ2n) is 27.6. The first-order valence-corrected chi connectivity index (χ1v) is 34.9. The minimum atomic E-state index is -1.96. The zero-order valence-electron chi connectivity index (χ0n) is 56.4. The highest BCUT2D eigenvalue weighted by Crippen LogP contribution is 2.48. The number of alkyl halides is 1. The molecule has 34 heteroatoms. The second-order valence-corrected chi connectivity index (χ2v) is 28.9. The number of aliphatic hydroxyl groups excluding tert-OH is 10. The van der Waals surface area contributed by atoms with Gasteiger partial charge in [-0.1, -0.05) is 55.9 Å². The van der Waals surface area contributed by atoms with Gasteiger partial charge in [0.1, 0.15) is 77.2 Å². The average Bonchev–Trinajstić information content (AvgIpc) is 0.770. The Kier molecular flexibility index (Phi) is 24.8. The molecule has 4 aliphatic carbocycles. The van der Waals surface area contributed by atoms with Gasteiger partial charge >= 0.3 is 0 Å². The number of hydrogen-bond donors (Lipinski definition) is 19. The molecule has 31 nitrogen and oxygen atoms in total. The summed E-state index contributed by atoms with van der Waals surface area (Å²) in [6, 6.07) is -8.97. The molecule has 7 heterocycles. The fourth-order valence-corrected chi connectivity index (χ4v) is 14.9.